The van der Waals surface area contributed by atoms with E-state index in [-0.39, 0.29) is 31.7 Å². The summed E-state index contributed by atoms with van der Waals surface area (Å²) in [6.45, 7) is 3.27. The van der Waals surface area contributed by atoms with Crippen LogP contribution in [-0.4, -0.2) is 56.3 Å². The molecule has 6 nitrogen and oxygen atoms in total. The van der Waals surface area contributed by atoms with Crippen LogP contribution in [-0.2, 0) is 15.7 Å². The van der Waals surface area contributed by atoms with Gasteiger partial charge in [0.1, 0.15) is 19.0 Å². The van der Waals surface area contributed by atoms with Gasteiger partial charge in [0.15, 0.2) is 0 Å². The molecular weight excluding hydrogens is 423 g/mol. The number of nitriles is 1. The highest BCUT2D eigenvalue weighted by atomic mass is 19.4. The normalized spacial score (nSPS) is 16.5. The van der Waals surface area contributed by atoms with Crippen molar-refractivity contribution in [3.05, 3.63) is 59.7 Å². The third-order valence-corrected chi connectivity index (χ3v) is 5.21. The third-order valence-electron chi connectivity index (χ3n) is 5.21. The van der Waals surface area contributed by atoms with Gasteiger partial charge in [0.05, 0.1) is 23.2 Å². The van der Waals surface area contributed by atoms with Crippen molar-refractivity contribution in [2.75, 3.05) is 44.4 Å². The zero-order valence-electron chi connectivity index (χ0n) is 17.6. The summed E-state index contributed by atoms with van der Waals surface area (Å²) >= 11 is 0. The van der Waals surface area contributed by atoms with Gasteiger partial charge in [-0.1, -0.05) is 18.2 Å². The molecule has 1 atom stereocenters. The lowest BCUT2D eigenvalue weighted by molar-refractivity contribution is -0.139. The standard InChI is InChI=1S/C23H24F3N3O3/c1-2-31-16-22(30)29-11-10-28(14-19(29)15-32-20-6-4-3-5-7-20)18-9-8-17(13-27)21(12-18)23(24,25)26/h3-9,12,19H,2,10-11,14-16H2,1H3. The van der Waals surface area contributed by atoms with E-state index >= 15 is 0 Å². The molecule has 1 aliphatic rings. The van der Waals surface area contributed by atoms with Crippen LogP contribution in [0.5, 0.6) is 5.75 Å². The number of amides is 1. The molecule has 32 heavy (non-hydrogen) atoms. The van der Waals surface area contributed by atoms with Crippen LogP contribution in [0.25, 0.3) is 0 Å². The molecule has 0 radical (unpaired) electrons. The molecule has 0 bridgehead atoms. The van der Waals surface area contributed by atoms with Crippen LogP contribution < -0.4 is 9.64 Å². The Morgan fingerprint density at radius 3 is 2.59 bits per heavy atom. The van der Waals surface area contributed by atoms with Crippen LogP contribution in [0.4, 0.5) is 18.9 Å². The lowest BCUT2D eigenvalue weighted by atomic mass is 10.0. The Kier molecular flexibility index (Phi) is 7.59. The first-order chi connectivity index (χ1) is 15.3. The number of anilines is 1. The second-order valence-electron chi connectivity index (χ2n) is 7.29. The van der Waals surface area contributed by atoms with Crippen molar-refractivity contribution < 1.29 is 27.4 Å². The SMILES string of the molecule is CCOCC(=O)N1CCN(c2ccc(C#N)c(C(F)(F)F)c2)CC1COc1ccccc1. The average Bonchev–Trinajstić information content (AvgIpc) is 2.80. The fraction of sp³-hybridized carbons (Fsp3) is 0.391. The fourth-order valence-corrected chi connectivity index (χ4v) is 3.60. The van der Waals surface area contributed by atoms with Gasteiger partial charge in [0, 0.05) is 31.9 Å². The Hall–Kier alpha value is -3.25. The van der Waals surface area contributed by atoms with Gasteiger partial charge in [0.25, 0.3) is 0 Å². The molecule has 9 heteroatoms. The van der Waals surface area contributed by atoms with E-state index in [1.165, 1.54) is 12.1 Å². The topological polar surface area (TPSA) is 65.8 Å². The second kappa shape index (κ2) is 10.4. The minimum Gasteiger partial charge on any atom is -0.491 e. The number of nitrogens with zero attached hydrogens (tertiary/aromatic N) is 3. The number of carbonyl (C=O) groups is 1. The summed E-state index contributed by atoms with van der Waals surface area (Å²) in [5, 5.41) is 9.03. The molecule has 1 heterocycles. The third kappa shape index (κ3) is 5.71. The van der Waals surface area contributed by atoms with Crippen LogP contribution in [0.3, 0.4) is 0 Å². The van der Waals surface area contributed by atoms with E-state index in [1.807, 2.05) is 18.2 Å². The van der Waals surface area contributed by atoms with E-state index in [0.717, 1.165) is 6.07 Å². The Bertz CT molecular complexity index is 960. The molecule has 0 spiro atoms. The summed E-state index contributed by atoms with van der Waals surface area (Å²) in [6, 6.07) is 14.0. The number of halogens is 3. The molecule has 0 saturated carbocycles. The van der Waals surface area contributed by atoms with Crippen molar-refractivity contribution in [1.29, 1.82) is 5.26 Å². The van der Waals surface area contributed by atoms with E-state index in [9.17, 15) is 18.0 Å². The van der Waals surface area contributed by atoms with Crippen molar-refractivity contribution >= 4 is 11.6 Å². The van der Waals surface area contributed by atoms with Crippen LogP contribution in [0, 0.1) is 11.3 Å². The highest BCUT2D eigenvalue weighted by Crippen LogP contribution is 2.35. The lowest BCUT2D eigenvalue weighted by Gasteiger charge is -2.42. The van der Waals surface area contributed by atoms with Crippen LogP contribution in [0.15, 0.2) is 48.5 Å². The first-order valence-corrected chi connectivity index (χ1v) is 10.2. The second-order valence-corrected chi connectivity index (χ2v) is 7.29. The minimum atomic E-state index is -4.63. The molecule has 1 amide bonds. The highest BCUT2D eigenvalue weighted by molar-refractivity contribution is 5.78. The summed E-state index contributed by atoms with van der Waals surface area (Å²) in [7, 11) is 0. The quantitative estimate of drug-likeness (QED) is 0.648. The molecule has 170 valence electrons. The Morgan fingerprint density at radius 2 is 1.94 bits per heavy atom. The van der Waals surface area contributed by atoms with Gasteiger partial charge in [0.2, 0.25) is 5.91 Å². The summed E-state index contributed by atoms with van der Waals surface area (Å²) < 4.78 is 51.3. The predicted molar refractivity (Wildman–Crippen MR) is 112 cm³/mol. The van der Waals surface area contributed by atoms with Crippen molar-refractivity contribution in [1.82, 2.24) is 4.90 Å². The Balaban J connectivity index is 1.81. The molecule has 0 aliphatic carbocycles. The molecular formula is C23H24F3N3O3. The van der Waals surface area contributed by atoms with Gasteiger partial charge in [-0.15, -0.1) is 0 Å². The monoisotopic (exact) mass is 447 g/mol. The molecule has 1 unspecified atom stereocenters. The maximum absolute atomic E-state index is 13.4. The maximum Gasteiger partial charge on any atom is 0.417 e. The Labute approximate surface area is 184 Å². The number of alkyl halides is 3. The summed E-state index contributed by atoms with van der Waals surface area (Å²) in [6.07, 6.45) is -4.63. The number of rotatable bonds is 7. The number of carbonyl (C=O) groups excluding carboxylic acids is 1. The van der Waals surface area contributed by atoms with Crippen molar-refractivity contribution in [2.45, 2.75) is 19.1 Å². The zero-order valence-corrected chi connectivity index (χ0v) is 17.6. The predicted octanol–water partition coefficient (Wildman–Crippen LogP) is 3.71. The number of benzene rings is 2. The summed E-state index contributed by atoms with van der Waals surface area (Å²) in [5.41, 5.74) is -1.04. The molecule has 2 aromatic carbocycles. The van der Waals surface area contributed by atoms with Gasteiger partial charge in [-0.05, 0) is 37.3 Å². The van der Waals surface area contributed by atoms with Crippen LogP contribution >= 0.6 is 0 Å². The lowest BCUT2D eigenvalue weighted by Crippen LogP contribution is -2.58. The number of piperazine rings is 1. The van der Waals surface area contributed by atoms with Gasteiger partial charge in [-0.25, -0.2) is 0 Å². The first-order valence-electron chi connectivity index (χ1n) is 10.2. The number of hydrogen-bond acceptors (Lipinski definition) is 5. The van der Waals surface area contributed by atoms with Gasteiger partial charge >= 0.3 is 6.18 Å². The molecule has 1 aliphatic heterocycles. The average molecular weight is 447 g/mol. The molecule has 1 saturated heterocycles. The van der Waals surface area contributed by atoms with E-state index in [2.05, 4.69) is 0 Å². The minimum absolute atomic E-state index is 0.0621. The fourth-order valence-electron chi connectivity index (χ4n) is 3.60. The van der Waals surface area contributed by atoms with Gasteiger partial charge in [-0.3, -0.25) is 4.79 Å². The Morgan fingerprint density at radius 1 is 1.19 bits per heavy atom. The van der Waals surface area contributed by atoms with Crippen LogP contribution in [0.1, 0.15) is 18.1 Å². The summed E-state index contributed by atoms with van der Waals surface area (Å²) in [4.78, 5) is 16.1. The number of ether oxygens (including phenoxy) is 2. The van der Waals surface area contributed by atoms with Crippen molar-refractivity contribution in [3.8, 4) is 11.8 Å². The number of para-hydroxylation sites is 1. The molecule has 0 aromatic heterocycles. The first kappa shape index (κ1) is 23.4. The van der Waals surface area contributed by atoms with E-state index in [4.69, 9.17) is 14.7 Å². The van der Waals surface area contributed by atoms with Crippen molar-refractivity contribution in [3.63, 3.8) is 0 Å². The highest BCUT2D eigenvalue weighted by Gasteiger charge is 2.36. The van der Waals surface area contributed by atoms with Gasteiger partial charge < -0.3 is 19.3 Å². The molecule has 0 N–H and O–H groups in total. The largest absolute Gasteiger partial charge is 0.491 e. The maximum atomic E-state index is 13.4. The van der Waals surface area contributed by atoms with E-state index in [1.54, 1.807) is 34.9 Å². The zero-order chi connectivity index (χ0) is 23.1. The van der Waals surface area contributed by atoms with E-state index in [0.29, 0.717) is 31.1 Å². The van der Waals surface area contributed by atoms with Crippen LogP contribution in [0.2, 0.25) is 0 Å². The molecule has 2 aromatic rings. The molecule has 1 fully saturated rings. The smallest absolute Gasteiger partial charge is 0.417 e. The van der Waals surface area contributed by atoms with Crippen molar-refractivity contribution in [2.24, 2.45) is 0 Å². The summed E-state index contributed by atoms with van der Waals surface area (Å²) in [5.74, 6) is 0.448. The van der Waals surface area contributed by atoms with Gasteiger partial charge in [-0.2, -0.15) is 18.4 Å². The van der Waals surface area contributed by atoms with E-state index < -0.39 is 17.3 Å². The molecule has 3 rings (SSSR count). The number of hydrogen-bond donors (Lipinski definition) is 0.